The standard InChI is InChI=1S/C19H36O3/c1-2-3-4-5-6-7-8-9-10-11-12-13-14-17(20)18-15-16-19(21)22-18/h17-18,20H,2-16H2,1H3/t17-,18-/m1/s1. The predicted molar refractivity (Wildman–Crippen MR) is 90.8 cm³/mol. The van der Waals surface area contributed by atoms with E-state index in [4.69, 9.17) is 4.74 Å². The van der Waals surface area contributed by atoms with Gasteiger partial charge in [0.05, 0.1) is 6.10 Å². The van der Waals surface area contributed by atoms with E-state index in [2.05, 4.69) is 6.92 Å². The topological polar surface area (TPSA) is 46.5 Å². The highest BCUT2D eigenvalue weighted by Gasteiger charge is 2.29. The third-order valence-corrected chi connectivity index (χ3v) is 4.70. The first-order valence-electron chi connectivity index (χ1n) is 9.61. The number of unbranched alkanes of at least 4 members (excludes halogenated alkanes) is 11. The third kappa shape index (κ3) is 9.45. The van der Waals surface area contributed by atoms with Crippen molar-refractivity contribution in [1.29, 1.82) is 0 Å². The Morgan fingerprint density at radius 2 is 1.45 bits per heavy atom. The molecule has 22 heavy (non-hydrogen) atoms. The summed E-state index contributed by atoms with van der Waals surface area (Å²) in [7, 11) is 0. The van der Waals surface area contributed by atoms with E-state index in [1.54, 1.807) is 0 Å². The molecule has 1 aliphatic rings. The first-order chi connectivity index (χ1) is 10.7. The second kappa shape index (κ2) is 12.9. The molecule has 1 N–H and O–H groups in total. The Hall–Kier alpha value is -0.570. The van der Waals surface area contributed by atoms with Crippen molar-refractivity contribution in [2.75, 3.05) is 0 Å². The van der Waals surface area contributed by atoms with Crippen LogP contribution < -0.4 is 0 Å². The van der Waals surface area contributed by atoms with E-state index in [9.17, 15) is 9.90 Å². The van der Waals surface area contributed by atoms with E-state index >= 15 is 0 Å². The number of rotatable bonds is 14. The molecule has 0 aromatic carbocycles. The Labute approximate surface area is 136 Å². The van der Waals surface area contributed by atoms with E-state index in [0.29, 0.717) is 12.8 Å². The van der Waals surface area contributed by atoms with E-state index in [1.807, 2.05) is 0 Å². The van der Waals surface area contributed by atoms with Crippen molar-refractivity contribution >= 4 is 5.97 Å². The van der Waals surface area contributed by atoms with Gasteiger partial charge in [-0.25, -0.2) is 0 Å². The molecule has 1 rings (SSSR count). The molecule has 3 heteroatoms. The Morgan fingerprint density at radius 1 is 0.955 bits per heavy atom. The summed E-state index contributed by atoms with van der Waals surface area (Å²) in [6, 6.07) is 0. The second-order valence-electron chi connectivity index (χ2n) is 6.81. The largest absolute Gasteiger partial charge is 0.460 e. The molecule has 1 fully saturated rings. The summed E-state index contributed by atoms with van der Waals surface area (Å²) in [6.07, 6.45) is 17.2. The minimum Gasteiger partial charge on any atom is -0.460 e. The van der Waals surface area contributed by atoms with E-state index in [1.165, 1.54) is 70.6 Å². The highest BCUT2D eigenvalue weighted by Crippen LogP contribution is 2.21. The summed E-state index contributed by atoms with van der Waals surface area (Å²) in [5, 5.41) is 9.95. The molecule has 0 aromatic rings. The Morgan fingerprint density at radius 3 is 1.91 bits per heavy atom. The fourth-order valence-corrected chi connectivity index (χ4v) is 3.20. The van der Waals surface area contributed by atoms with Crippen molar-refractivity contribution in [2.45, 2.75) is 115 Å². The second-order valence-corrected chi connectivity index (χ2v) is 6.81. The van der Waals surface area contributed by atoms with Crippen molar-refractivity contribution in [2.24, 2.45) is 0 Å². The molecule has 0 aliphatic carbocycles. The molecule has 0 radical (unpaired) electrons. The summed E-state index contributed by atoms with van der Waals surface area (Å²) in [5.41, 5.74) is 0. The lowest BCUT2D eigenvalue weighted by Gasteiger charge is -2.16. The lowest BCUT2D eigenvalue weighted by Crippen LogP contribution is -2.25. The van der Waals surface area contributed by atoms with Crippen LogP contribution in [0.15, 0.2) is 0 Å². The van der Waals surface area contributed by atoms with Gasteiger partial charge in [-0.3, -0.25) is 4.79 Å². The molecule has 0 unspecified atom stereocenters. The number of esters is 1. The quantitative estimate of drug-likeness (QED) is 0.356. The first-order valence-corrected chi connectivity index (χ1v) is 9.61. The summed E-state index contributed by atoms with van der Waals surface area (Å²) < 4.78 is 5.09. The van der Waals surface area contributed by atoms with Crippen molar-refractivity contribution < 1.29 is 14.6 Å². The molecule has 0 bridgehead atoms. The van der Waals surface area contributed by atoms with E-state index < -0.39 is 6.10 Å². The van der Waals surface area contributed by atoms with Crippen LogP contribution in [0.2, 0.25) is 0 Å². The monoisotopic (exact) mass is 312 g/mol. The number of hydrogen-bond acceptors (Lipinski definition) is 3. The average molecular weight is 312 g/mol. The number of carbonyl (C=O) groups excluding carboxylic acids is 1. The van der Waals surface area contributed by atoms with Gasteiger partial charge in [0.2, 0.25) is 0 Å². The van der Waals surface area contributed by atoms with Gasteiger partial charge >= 0.3 is 5.97 Å². The predicted octanol–water partition coefficient (Wildman–Crippen LogP) is 5.14. The maximum absolute atomic E-state index is 11.0. The summed E-state index contributed by atoms with van der Waals surface area (Å²) in [5.74, 6) is -0.154. The maximum Gasteiger partial charge on any atom is 0.306 e. The molecule has 0 amide bonds. The van der Waals surface area contributed by atoms with Gasteiger partial charge in [-0.2, -0.15) is 0 Å². The van der Waals surface area contributed by atoms with Gasteiger partial charge in [0.1, 0.15) is 6.10 Å². The van der Waals surface area contributed by atoms with Crippen molar-refractivity contribution in [1.82, 2.24) is 0 Å². The van der Waals surface area contributed by atoms with Crippen LogP contribution in [-0.2, 0) is 9.53 Å². The lowest BCUT2D eigenvalue weighted by atomic mass is 10.0. The Bertz CT molecular complexity index is 278. The normalized spacial score (nSPS) is 19.4. The van der Waals surface area contributed by atoms with Gasteiger partial charge in [-0.1, -0.05) is 84.0 Å². The Kier molecular flexibility index (Phi) is 11.4. The summed E-state index contributed by atoms with van der Waals surface area (Å²) >= 11 is 0. The zero-order chi connectivity index (χ0) is 16.0. The molecule has 1 saturated heterocycles. The first kappa shape index (κ1) is 19.5. The fourth-order valence-electron chi connectivity index (χ4n) is 3.20. The van der Waals surface area contributed by atoms with Crippen molar-refractivity contribution in [3.8, 4) is 0 Å². The minimum absolute atomic E-state index is 0.154. The Balaban J connectivity index is 1.79. The van der Waals surface area contributed by atoms with Crippen molar-refractivity contribution in [3.05, 3.63) is 0 Å². The molecule has 0 saturated carbocycles. The molecule has 130 valence electrons. The van der Waals surface area contributed by atoms with Crippen LogP contribution in [0.5, 0.6) is 0 Å². The van der Waals surface area contributed by atoms with Crippen LogP contribution in [0.4, 0.5) is 0 Å². The van der Waals surface area contributed by atoms with E-state index in [-0.39, 0.29) is 12.1 Å². The number of aliphatic hydroxyl groups excluding tert-OH is 1. The van der Waals surface area contributed by atoms with Crippen LogP contribution in [0, 0.1) is 0 Å². The molecule has 0 spiro atoms. The molecule has 1 heterocycles. The number of hydrogen-bond donors (Lipinski definition) is 1. The average Bonchev–Trinajstić information content (AvgIpc) is 2.95. The van der Waals surface area contributed by atoms with Crippen LogP contribution in [0.3, 0.4) is 0 Å². The van der Waals surface area contributed by atoms with Gasteiger partial charge < -0.3 is 9.84 Å². The molecule has 0 aromatic heterocycles. The fraction of sp³-hybridized carbons (Fsp3) is 0.947. The SMILES string of the molecule is CCCCCCCCCCCCCC[C@@H](O)[C@H]1CCC(=O)O1. The number of aliphatic hydroxyl groups is 1. The highest BCUT2D eigenvalue weighted by molar-refractivity contribution is 5.71. The number of carbonyl (C=O) groups is 1. The van der Waals surface area contributed by atoms with Crippen LogP contribution in [-0.4, -0.2) is 23.3 Å². The molecule has 2 atom stereocenters. The summed E-state index contributed by atoms with van der Waals surface area (Å²) in [4.78, 5) is 11.0. The van der Waals surface area contributed by atoms with Gasteiger partial charge in [0.25, 0.3) is 0 Å². The third-order valence-electron chi connectivity index (χ3n) is 4.70. The van der Waals surface area contributed by atoms with Crippen LogP contribution in [0.1, 0.15) is 103 Å². The molecule has 1 aliphatic heterocycles. The lowest BCUT2D eigenvalue weighted by molar-refractivity contribution is -0.145. The molecular weight excluding hydrogens is 276 g/mol. The number of ether oxygens (including phenoxy) is 1. The highest BCUT2D eigenvalue weighted by atomic mass is 16.6. The van der Waals surface area contributed by atoms with Crippen molar-refractivity contribution in [3.63, 3.8) is 0 Å². The van der Waals surface area contributed by atoms with E-state index in [0.717, 1.165) is 12.8 Å². The van der Waals surface area contributed by atoms with Gasteiger partial charge in [-0.05, 0) is 12.8 Å². The number of cyclic esters (lactones) is 1. The zero-order valence-electron chi connectivity index (χ0n) is 14.5. The molecule has 3 nitrogen and oxygen atoms in total. The van der Waals surface area contributed by atoms with Gasteiger partial charge in [0.15, 0.2) is 0 Å². The smallest absolute Gasteiger partial charge is 0.306 e. The zero-order valence-corrected chi connectivity index (χ0v) is 14.5. The van der Waals surface area contributed by atoms with Crippen LogP contribution >= 0.6 is 0 Å². The summed E-state index contributed by atoms with van der Waals surface area (Å²) in [6.45, 7) is 2.26. The van der Waals surface area contributed by atoms with Gasteiger partial charge in [0, 0.05) is 6.42 Å². The molecular formula is C19H36O3. The minimum atomic E-state index is -0.449. The van der Waals surface area contributed by atoms with Gasteiger partial charge in [-0.15, -0.1) is 0 Å². The van der Waals surface area contributed by atoms with Crippen LogP contribution in [0.25, 0.3) is 0 Å². The maximum atomic E-state index is 11.0.